The molecule has 1 aromatic carbocycles. The van der Waals surface area contributed by atoms with Crippen LogP contribution in [-0.4, -0.2) is 19.6 Å². The van der Waals surface area contributed by atoms with Gasteiger partial charge >= 0.3 is 0 Å². The molecule has 0 saturated carbocycles. The summed E-state index contributed by atoms with van der Waals surface area (Å²) in [6, 6.07) is 4.59. The van der Waals surface area contributed by atoms with E-state index >= 15 is 0 Å². The van der Waals surface area contributed by atoms with Crippen molar-refractivity contribution in [2.24, 2.45) is 0 Å². The largest absolute Gasteiger partial charge is 0.488 e. The molecule has 0 bridgehead atoms. The molecule has 88 valence electrons. The summed E-state index contributed by atoms with van der Waals surface area (Å²) in [5.41, 5.74) is 1.50. The first kappa shape index (κ1) is 12.7. The number of hydrogen-bond donors (Lipinski definition) is 1. The fourth-order valence-electron chi connectivity index (χ4n) is 1.14. The van der Waals surface area contributed by atoms with Gasteiger partial charge in [-0.1, -0.05) is 12.6 Å². The maximum absolute atomic E-state index is 11.1. The Morgan fingerprint density at radius 1 is 1.50 bits per heavy atom. The molecular weight excluding hydrogens is 228 g/mol. The van der Waals surface area contributed by atoms with Crippen molar-refractivity contribution >= 4 is 10.1 Å². The van der Waals surface area contributed by atoms with Crippen LogP contribution < -0.4 is 4.74 Å². The molecule has 1 N–H and O–H groups in total. The molecule has 0 aliphatic carbocycles. The molecule has 0 unspecified atom stereocenters. The van der Waals surface area contributed by atoms with Crippen LogP contribution in [0.2, 0.25) is 0 Å². The lowest BCUT2D eigenvalue weighted by Gasteiger charge is -2.10. The molecule has 0 spiro atoms. The highest BCUT2D eigenvalue weighted by molar-refractivity contribution is 7.86. The van der Waals surface area contributed by atoms with Crippen molar-refractivity contribution in [3.05, 3.63) is 35.9 Å². The van der Waals surface area contributed by atoms with Crippen molar-refractivity contribution < 1.29 is 17.7 Å². The molecular formula is C11H14O4S. The molecule has 0 heterocycles. The first-order valence-electron chi connectivity index (χ1n) is 4.66. The molecule has 0 atom stereocenters. The first-order chi connectivity index (χ1) is 7.30. The third kappa shape index (κ3) is 3.36. The zero-order valence-corrected chi connectivity index (χ0v) is 10.0. The van der Waals surface area contributed by atoms with Crippen LogP contribution in [0, 0.1) is 6.92 Å². The van der Waals surface area contributed by atoms with Crippen molar-refractivity contribution in [1.82, 2.24) is 0 Å². The first-order valence-corrected chi connectivity index (χ1v) is 6.10. The number of hydrogen-bond acceptors (Lipinski definition) is 3. The van der Waals surface area contributed by atoms with E-state index in [0.29, 0.717) is 0 Å². The Bertz CT molecular complexity index is 503. The van der Waals surface area contributed by atoms with Gasteiger partial charge in [-0.2, -0.15) is 8.42 Å². The van der Waals surface area contributed by atoms with Gasteiger partial charge in [-0.25, -0.2) is 0 Å². The van der Waals surface area contributed by atoms with Gasteiger partial charge in [0.05, 0.1) is 0 Å². The molecule has 0 aliphatic rings. The van der Waals surface area contributed by atoms with Crippen LogP contribution in [0.25, 0.3) is 0 Å². The summed E-state index contributed by atoms with van der Waals surface area (Å²) in [6.45, 7) is 7.36. The van der Waals surface area contributed by atoms with Gasteiger partial charge in [0.1, 0.15) is 17.3 Å². The van der Waals surface area contributed by atoms with E-state index in [1.807, 2.05) is 0 Å². The lowest BCUT2D eigenvalue weighted by molar-refractivity contribution is 0.341. The standard InChI is InChI=1S/C11H14O4S/c1-8(2)7-15-10-5-4-9(3)6-11(10)16(12,13)14/h4-6H,1,7H2,2-3H3,(H,12,13,14). The lowest BCUT2D eigenvalue weighted by Crippen LogP contribution is -2.05. The Labute approximate surface area is 95.3 Å². The Morgan fingerprint density at radius 2 is 2.12 bits per heavy atom. The van der Waals surface area contributed by atoms with Crippen molar-refractivity contribution in [3.63, 3.8) is 0 Å². The molecule has 1 aromatic rings. The van der Waals surface area contributed by atoms with E-state index in [1.165, 1.54) is 12.1 Å². The number of aryl methyl sites for hydroxylation is 1. The Kier molecular flexibility index (Phi) is 3.72. The van der Waals surface area contributed by atoms with Crippen LogP contribution >= 0.6 is 0 Å². The van der Waals surface area contributed by atoms with Gasteiger partial charge in [0.2, 0.25) is 0 Å². The minimum Gasteiger partial charge on any atom is -0.488 e. The summed E-state index contributed by atoms with van der Waals surface area (Å²) in [5.74, 6) is 0.135. The number of ether oxygens (including phenoxy) is 1. The van der Waals surface area contributed by atoms with Gasteiger partial charge < -0.3 is 4.74 Å². The summed E-state index contributed by atoms with van der Waals surface area (Å²) in [6.07, 6.45) is 0. The van der Waals surface area contributed by atoms with E-state index < -0.39 is 10.1 Å². The van der Waals surface area contributed by atoms with E-state index in [2.05, 4.69) is 6.58 Å². The van der Waals surface area contributed by atoms with Crippen molar-refractivity contribution in [3.8, 4) is 5.75 Å². The average Bonchev–Trinajstić information content (AvgIpc) is 2.14. The molecule has 0 radical (unpaired) electrons. The quantitative estimate of drug-likeness (QED) is 0.649. The van der Waals surface area contributed by atoms with Gasteiger partial charge in [-0.05, 0) is 37.1 Å². The van der Waals surface area contributed by atoms with Gasteiger partial charge in [0, 0.05) is 0 Å². The molecule has 1 rings (SSSR count). The normalized spacial score (nSPS) is 11.2. The minimum absolute atomic E-state index is 0.135. The molecule has 0 amide bonds. The average molecular weight is 242 g/mol. The predicted molar refractivity (Wildman–Crippen MR) is 61.3 cm³/mol. The SMILES string of the molecule is C=C(C)COc1ccc(C)cc1S(=O)(=O)O. The fourth-order valence-corrected chi connectivity index (χ4v) is 1.85. The Hall–Kier alpha value is -1.33. The zero-order chi connectivity index (χ0) is 12.3. The van der Waals surface area contributed by atoms with Gasteiger partial charge in [0.25, 0.3) is 10.1 Å². The molecule has 16 heavy (non-hydrogen) atoms. The summed E-state index contributed by atoms with van der Waals surface area (Å²) >= 11 is 0. The lowest BCUT2D eigenvalue weighted by atomic mass is 10.2. The van der Waals surface area contributed by atoms with Crippen LogP contribution in [0.4, 0.5) is 0 Å². The third-order valence-electron chi connectivity index (χ3n) is 1.85. The van der Waals surface area contributed by atoms with E-state index in [9.17, 15) is 8.42 Å². The molecule has 0 fully saturated rings. The number of rotatable bonds is 4. The van der Waals surface area contributed by atoms with Crippen LogP contribution in [-0.2, 0) is 10.1 Å². The second-order valence-corrected chi connectivity index (χ2v) is 5.06. The summed E-state index contributed by atoms with van der Waals surface area (Å²) < 4.78 is 36.5. The Balaban J connectivity index is 3.13. The summed E-state index contributed by atoms with van der Waals surface area (Å²) in [4.78, 5) is -0.214. The van der Waals surface area contributed by atoms with Crippen molar-refractivity contribution in [2.75, 3.05) is 6.61 Å². The van der Waals surface area contributed by atoms with Crippen LogP contribution in [0.15, 0.2) is 35.2 Å². The van der Waals surface area contributed by atoms with Gasteiger partial charge in [-0.3, -0.25) is 4.55 Å². The Morgan fingerprint density at radius 3 is 2.62 bits per heavy atom. The molecule has 0 aromatic heterocycles. The smallest absolute Gasteiger partial charge is 0.298 e. The van der Waals surface area contributed by atoms with Crippen molar-refractivity contribution in [2.45, 2.75) is 18.7 Å². The minimum atomic E-state index is -4.26. The van der Waals surface area contributed by atoms with E-state index in [4.69, 9.17) is 9.29 Å². The maximum Gasteiger partial charge on any atom is 0.298 e. The highest BCUT2D eigenvalue weighted by Crippen LogP contribution is 2.25. The second-order valence-electron chi connectivity index (χ2n) is 3.67. The summed E-state index contributed by atoms with van der Waals surface area (Å²) in [5, 5.41) is 0. The molecule has 0 aliphatic heterocycles. The van der Waals surface area contributed by atoms with Gasteiger partial charge in [0.15, 0.2) is 0 Å². The molecule has 5 heteroatoms. The van der Waals surface area contributed by atoms with Gasteiger partial charge in [-0.15, -0.1) is 0 Å². The van der Waals surface area contributed by atoms with Crippen LogP contribution in [0.1, 0.15) is 12.5 Å². The number of benzene rings is 1. The van der Waals surface area contributed by atoms with E-state index in [1.54, 1.807) is 19.9 Å². The highest BCUT2D eigenvalue weighted by atomic mass is 32.2. The molecule has 0 saturated heterocycles. The van der Waals surface area contributed by atoms with E-state index in [-0.39, 0.29) is 17.3 Å². The van der Waals surface area contributed by atoms with Crippen molar-refractivity contribution in [1.29, 1.82) is 0 Å². The second kappa shape index (κ2) is 4.67. The fraction of sp³-hybridized carbons (Fsp3) is 0.273. The summed E-state index contributed by atoms with van der Waals surface area (Å²) in [7, 11) is -4.26. The third-order valence-corrected chi connectivity index (χ3v) is 2.73. The molecule has 4 nitrogen and oxygen atoms in total. The van der Waals surface area contributed by atoms with Crippen LogP contribution in [0.5, 0.6) is 5.75 Å². The zero-order valence-electron chi connectivity index (χ0n) is 9.23. The maximum atomic E-state index is 11.1. The monoisotopic (exact) mass is 242 g/mol. The van der Waals surface area contributed by atoms with E-state index in [0.717, 1.165) is 11.1 Å². The van der Waals surface area contributed by atoms with Crippen LogP contribution in [0.3, 0.4) is 0 Å². The topological polar surface area (TPSA) is 63.6 Å². The predicted octanol–water partition coefficient (Wildman–Crippen LogP) is 2.20. The highest BCUT2D eigenvalue weighted by Gasteiger charge is 2.16.